The lowest BCUT2D eigenvalue weighted by atomic mass is 10.2. The van der Waals surface area contributed by atoms with E-state index in [1.807, 2.05) is 13.0 Å². The van der Waals surface area contributed by atoms with Crippen molar-refractivity contribution in [3.8, 4) is 0 Å². The van der Waals surface area contributed by atoms with E-state index in [0.29, 0.717) is 5.56 Å². The van der Waals surface area contributed by atoms with E-state index in [1.54, 1.807) is 6.07 Å². The molecule has 17 heavy (non-hydrogen) atoms. The van der Waals surface area contributed by atoms with Crippen LogP contribution in [0.5, 0.6) is 0 Å². The highest BCUT2D eigenvalue weighted by Gasteiger charge is 2.09. The molecule has 0 fully saturated rings. The predicted molar refractivity (Wildman–Crippen MR) is 69.7 cm³/mol. The van der Waals surface area contributed by atoms with Gasteiger partial charge in [-0.2, -0.15) is 0 Å². The highest BCUT2D eigenvalue weighted by atomic mass is 16.4. The Morgan fingerprint density at radius 2 is 2.18 bits per heavy atom. The number of amidine groups is 1. The van der Waals surface area contributed by atoms with E-state index in [1.165, 1.54) is 0 Å². The highest BCUT2D eigenvalue weighted by molar-refractivity contribution is 5.97. The normalized spacial score (nSPS) is 11.6. The van der Waals surface area contributed by atoms with E-state index in [2.05, 4.69) is 28.9 Å². The Bertz CT molecular complexity index is 403. The molecule has 0 aliphatic rings. The van der Waals surface area contributed by atoms with E-state index in [4.69, 9.17) is 10.9 Å². The second kappa shape index (κ2) is 6.08. The summed E-state index contributed by atoms with van der Waals surface area (Å²) in [6, 6.07) is 3.65. The summed E-state index contributed by atoms with van der Waals surface area (Å²) in [4.78, 5) is 6.64. The van der Waals surface area contributed by atoms with Crippen LogP contribution < -0.4 is 10.6 Å². The zero-order chi connectivity index (χ0) is 12.8. The van der Waals surface area contributed by atoms with Crippen LogP contribution in [0.1, 0.15) is 31.5 Å². The summed E-state index contributed by atoms with van der Waals surface area (Å²) < 4.78 is 0. The van der Waals surface area contributed by atoms with Gasteiger partial charge in [-0.3, -0.25) is 0 Å². The largest absolute Gasteiger partial charge is 0.409 e. The predicted octanol–water partition coefficient (Wildman–Crippen LogP) is 1.72. The summed E-state index contributed by atoms with van der Waals surface area (Å²) in [6.45, 7) is 7.95. The van der Waals surface area contributed by atoms with Crippen LogP contribution in [0.25, 0.3) is 0 Å². The summed E-state index contributed by atoms with van der Waals surface area (Å²) >= 11 is 0. The van der Waals surface area contributed by atoms with Gasteiger partial charge in [0.1, 0.15) is 5.82 Å². The molecule has 3 N–H and O–H groups in total. The van der Waals surface area contributed by atoms with Gasteiger partial charge in [-0.15, -0.1) is 0 Å². The molecular formula is C12H20N4O. The Kier molecular flexibility index (Phi) is 4.75. The standard InChI is InChI=1S/C12H20N4O/c1-4-6-16(5-2)11-8-10(12(13)15-17)7-9(3)14-11/h7-8,17H,4-6H2,1-3H3,(H2,13,15). The number of rotatable bonds is 5. The minimum atomic E-state index is 0.115. The number of hydrogen-bond donors (Lipinski definition) is 2. The zero-order valence-corrected chi connectivity index (χ0v) is 10.6. The number of pyridine rings is 1. The third kappa shape index (κ3) is 3.34. The molecule has 0 atom stereocenters. The Labute approximate surface area is 102 Å². The summed E-state index contributed by atoms with van der Waals surface area (Å²) in [5.74, 6) is 0.986. The summed E-state index contributed by atoms with van der Waals surface area (Å²) in [5.41, 5.74) is 7.16. The Balaban J connectivity index is 3.11. The maximum Gasteiger partial charge on any atom is 0.170 e. The van der Waals surface area contributed by atoms with Crippen molar-refractivity contribution in [2.75, 3.05) is 18.0 Å². The molecule has 0 radical (unpaired) electrons. The van der Waals surface area contributed by atoms with Gasteiger partial charge in [-0.1, -0.05) is 12.1 Å². The van der Waals surface area contributed by atoms with Crippen LogP contribution in [0.2, 0.25) is 0 Å². The molecule has 5 nitrogen and oxygen atoms in total. The Morgan fingerprint density at radius 3 is 2.71 bits per heavy atom. The molecule has 0 aliphatic heterocycles. The molecule has 1 aromatic rings. The van der Waals surface area contributed by atoms with E-state index >= 15 is 0 Å². The molecule has 5 heteroatoms. The van der Waals surface area contributed by atoms with Crippen LogP contribution in [0.3, 0.4) is 0 Å². The fourth-order valence-electron chi connectivity index (χ4n) is 1.72. The molecule has 0 saturated heterocycles. The minimum Gasteiger partial charge on any atom is -0.409 e. The fourth-order valence-corrected chi connectivity index (χ4v) is 1.72. The van der Waals surface area contributed by atoms with Crippen LogP contribution in [0.15, 0.2) is 17.3 Å². The summed E-state index contributed by atoms with van der Waals surface area (Å²) in [7, 11) is 0. The molecule has 1 aromatic heterocycles. The third-order valence-electron chi connectivity index (χ3n) is 2.54. The van der Waals surface area contributed by atoms with E-state index in [-0.39, 0.29) is 5.84 Å². The third-order valence-corrected chi connectivity index (χ3v) is 2.54. The van der Waals surface area contributed by atoms with Gasteiger partial charge in [0.05, 0.1) is 0 Å². The zero-order valence-electron chi connectivity index (χ0n) is 10.6. The van der Waals surface area contributed by atoms with Crippen molar-refractivity contribution >= 4 is 11.7 Å². The van der Waals surface area contributed by atoms with Crippen LogP contribution in [-0.2, 0) is 0 Å². The first-order valence-corrected chi connectivity index (χ1v) is 5.83. The lowest BCUT2D eigenvalue weighted by Crippen LogP contribution is -2.25. The monoisotopic (exact) mass is 236 g/mol. The van der Waals surface area contributed by atoms with Crippen molar-refractivity contribution in [2.24, 2.45) is 10.9 Å². The lowest BCUT2D eigenvalue weighted by Gasteiger charge is -2.22. The number of hydrogen-bond acceptors (Lipinski definition) is 4. The number of nitrogens with zero attached hydrogens (tertiary/aromatic N) is 3. The van der Waals surface area contributed by atoms with Crippen molar-refractivity contribution in [1.82, 2.24) is 4.98 Å². The maximum absolute atomic E-state index is 8.70. The average molecular weight is 236 g/mol. The van der Waals surface area contributed by atoms with Gasteiger partial charge in [0.2, 0.25) is 0 Å². The van der Waals surface area contributed by atoms with Gasteiger partial charge in [0, 0.05) is 24.3 Å². The van der Waals surface area contributed by atoms with Crippen LogP contribution in [0, 0.1) is 6.92 Å². The number of aryl methyl sites for hydroxylation is 1. The van der Waals surface area contributed by atoms with Crippen molar-refractivity contribution in [3.63, 3.8) is 0 Å². The van der Waals surface area contributed by atoms with E-state index in [0.717, 1.165) is 31.0 Å². The SMILES string of the molecule is CCCN(CC)c1cc(/C(N)=N/O)cc(C)n1. The van der Waals surface area contributed by atoms with E-state index in [9.17, 15) is 0 Å². The fraction of sp³-hybridized carbons (Fsp3) is 0.500. The topological polar surface area (TPSA) is 74.7 Å². The van der Waals surface area contributed by atoms with Crippen molar-refractivity contribution < 1.29 is 5.21 Å². The van der Waals surface area contributed by atoms with Gasteiger partial charge in [-0.05, 0) is 32.4 Å². The molecule has 1 heterocycles. The number of anilines is 1. The Morgan fingerprint density at radius 1 is 1.47 bits per heavy atom. The van der Waals surface area contributed by atoms with Crippen LogP contribution >= 0.6 is 0 Å². The summed E-state index contributed by atoms with van der Waals surface area (Å²) in [6.07, 6.45) is 1.06. The minimum absolute atomic E-state index is 0.115. The molecule has 0 bridgehead atoms. The molecule has 0 aromatic carbocycles. The first kappa shape index (κ1) is 13.3. The number of oxime groups is 1. The second-order valence-electron chi connectivity index (χ2n) is 3.92. The van der Waals surface area contributed by atoms with Crippen molar-refractivity contribution in [2.45, 2.75) is 27.2 Å². The van der Waals surface area contributed by atoms with Crippen LogP contribution in [0.4, 0.5) is 5.82 Å². The van der Waals surface area contributed by atoms with Crippen LogP contribution in [-0.4, -0.2) is 29.1 Å². The average Bonchev–Trinajstić information content (AvgIpc) is 2.34. The molecule has 0 amide bonds. The number of nitrogens with two attached hydrogens (primary N) is 1. The first-order valence-electron chi connectivity index (χ1n) is 5.83. The van der Waals surface area contributed by atoms with Gasteiger partial charge in [0.25, 0.3) is 0 Å². The quantitative estimate of drug-likeness (QED) is 0.353. The second-order valence-corrected chi connectivity index (χ2v) is 3.92. The Hall–Kier alpha value is -1.78. The molecule has 1 rings (SSSR count). The number of aromatic nitrogens is 1. The molecule has 94 valence electrons. The van der Waals surface area contributed by atoms with Crippen molar-refractivity contribution in [1.29, 1.82) is 0 Å². The molecule has 0 spiro atoms. The summed E-state index contributed by atoms with van der Waals surface area (Å²) in [5, 5.41) is 11.7. The lowest BCUT2D eigenvalue weighted by molar-refractivity contribution is 0.318. The van der Waals surface area contributed by atoms with Gasteiger partial charge in [0.15, 0.2) is 5.84 Å². The molecule has 0 unspecified atom stereocenters. The molecule has 0 saturated carbocycles. The van der Waals surface area contributed by atoms with Gasteiger partial charge < -0.3 is 15.8 Å². The maximum atomic E-state index is 8.70. The molecule has 0 aliphatic carbocycles. The van der Waals surface area contributed by atoms with Gasteiger partial charge in [-0.25, -0.2) is 4.98 Å². The van der Waals surface area contributed by atoms with Crippen molar-refractivity contribution in [3.05, 3.63) is 23.4 Å². The van der Waals surface area contributed by atoms with E-state index < -0.39 is 0 Å². The highest BCUT2D eigenvalue weighted by Crippen LogP contribution is 2.15. The first-order chi connectivity index (χ1) is 8.12. The molecular weight excluding hydrogens is 216 g/mol. The van der Waals surface area contributed by atoms with Gasteiger partial charge >= 0.3 is 0 Å². The smallest absolute Gasteiger partial charge is 0.170 e.